The molecule has 3 rings (SSSR count). The van der Waals surface area contributed by atoms with Crippen LogP contribution >= 0.6 is 23.1 Å². The molecule has 0 N–H and O–H groups in total. The Morgan fingerprint density at radius 2 is 2.25 bits per heavy atom. The molecular formula is C18H25NO3S2. The summed E-state index contributed by atoms with van der Waals surface area (Å²) in [5, 5.41) is 0. The average Bonchev–Trinajstić information content (AvgIpc) is 3.05. The minimum Gasteiger partial charge on any atom is -0.448 e. The zero-order chi connectivity index (χ0) is 17.1. The highest BCUT2D eigenvalue weighted by molar-refractivity contribution is 7.98. The SMILES string of the molecule is CC[C@@H]1CCCCN1C(=O)[C@@H](C)OC(=O)c1cc2c(s1)CCSC2. The van der Waals surface area contributed by atoms with E-state index >= 15 is 0 Å². The highest BCUT2D eigenvalue weighted by Crippen LogP contribution is 2.32. The lowest BCUT2D eigenvalue weighted by molar-refractivity contribution is -0.143. The second-order valence-electron chi connectivity index (χ2n) is 6.50. The van der Waals surface area contributed by atoms with E-state index in [4.69, 9.17) is 4.74 Å². The Kier molecular flexibility index (Phi) is 5.87. The van der Waals surface area contributed by atoms with Crippen LogP contribution in [0.25, 0.3) is 0 Å². The number of ether oxygens (including phenoxy) is 1. The van der Waals surface area contributed by atoms with Gasteiger partial charge in [0.1, 0.15) is 4.88 Å². The molecule has 1 saturated heterocycles. The van der Waals surface area contributed by atoms with Gasteiger partial charge in [0, 0.05) is 23.2 Å². The first-order valence-corrected chi connectivity index (χ1v) is 10.8. The highest BCUT2D eigenvalue weighted by atomic mass is 32.2. The number of carbonyl (C=O) groups excluding carboxylic acids is 2. The van der Waals surface area contributed by atoms with Crippen molar-refractivity contribution >= 4 is 35.0 Å². The molecule has 0 saturated carbocycles. The van der Waals surface area contributed by atoms with Gasteiger partial charge in [0.15, 0.2) is 6.10 Å². The van der Waals surface area contributed by atoms with Crippen LogP contribution in [0.15, 0.2) is 6.07 Å². The molecule has 0 aliphatic carbocycles. The van der Waals surface area contributed by atoms with Gasteiger partial charge in [0.05, 0.1) is 0 Å². The fraction of sp³-hybridized carbons (Fsp3) is 0.667. The Morgan fingerprint density at radius 1 is 1.42 bits per heavy atom. The van der Waals surface area contributed by atoms with E-state index in [1.165, 1.54) is 28.2 Å². The van der Waals surface area contributed by atoms with Crippen LogP contribution in [0.4, 0.5) is 0 Å². The number of hydrogen-bond donors (Lipinski definition) is 0. The molecular weight excluding hydrogens is 342 g/mol. The van der Waals surface area contributed by atoms with Crippen molar-refractivity contribution in [2.75, 3.05) is 12.3 Å². The summed E-state index contributed by atoms with van der Waals surface area (Å²) < 4.78 is 5.50. The quantitative estimate of drug-likeness (QED) is 0.758. The third kappa shape index (κ3) is 3.80. The molecule has 1 fully saturated rings. The predicted octanol–water partition coefficient (Wildman–Crippen LogP) is 3.87. The lowest BCUT2D eigenvalue weighted by atomic mass is 9.99. The monoisotopic (exact) mass is 367 g/mol. The van der Waals surface area contributed by atoms with Gasteiger partial charge in [-0.25, -0.2) is 4.79 Å². The van der Waals surface area contributed by atoms with Crippen molar-refractivity contribution in [2.24, 2.45) is 0 Å². The van der Waals surface area contributed by atoms with Gasteiger partial charge in [0.25, 0.3) is 5.91 Å². The maximum Gasteiger partial charge on any atom is 0.349 e. The molecule has 1 amide bonds. The molecule has 3 heterocycles. The second-order valence-corrected chi connectivity index (χ2v) is 8.74. The van der Waals surface area contributed by atoms with Crippen molar-refractivity contribution in [3.05, 3.63) is 21.4 Å². The van der Waals surface area contributed by atoms with Crippen molar-refractivity contribution in [3.8, 4) is 0 Å². The molecule has 24 heavy (non-hydrogen) atoms. The number of hydrogen-bond acceptors (Lipinski definition) is 5. The van der Waals surface area contributed by atoms with Crippen LogP contribution in [-0.4, -0.2) is 41.2 Å². The molecule has 6 heteroatoms. The second kappa shape index (κ2) is 7.91. The normalized spacial score (nSPS) is 21.9. The Hall–Kier alpha value is -1.01. The summed E-state index contributed by atoms with van der Waals surface area (Å²) in [7, 11) is 0. The minimum atomic E-state index is -0.710. The molecule has 0 bridgehead atoms. The number of thiophene rings is 1. The van der Waals surface area contributed by atoms with E-state index in [-0.39, 0.29) is 11.9 Å². The molecule has 1 aromatic rings. The van der Waals surface area contributed by atoms with E-state index in [1.54, 1.807) is 6.92 Å². The molecule has 2 atom stereocenters. The van der Waals surface area contributed by atoms with Crippen molar-refractivity contribution < 1.29 is 14.3 Å². The van der Waals surface area contributed by atoms with Crippen LogP contribution in [0, 0.1) is 0 Å². The number of aryl methyl sites for hydroxylation is 1. The lowest BCUT2D eigenvalue weighted by Gasteiger charge is -2.36. The summed E-state index contributed by atoms with van der Waals surface area (Å²) in [5.74, 6) is 1.68. The number of thioether (sulfide) groups is 1. The molecule has 0 aromatic carbocycles. The molecule has 0 spiro atoms. The van der Waals surface area contributed by atoms with Gasteiger partial charge in [-0.05, 0) is 56.4 Å². The van der Waals surface area contributed by atoms with Crippen molar-refractivity contribution in [1.82, 2.24) is 4.90 Å². The number of likely N-dealkylation sites (tertiary alicyclic amines) is 1. The molecule has 2 aliphatic rings. The smallest absolute Gasteiger partial charge is 0.349 e. The van der Waals surface area contributed by atoms with Crippen LogP contribution in [0.1, 0.15) is 59.6 Å². The van der Waals surface area contributed by atoms with Crippen LogP contribution in [-0.2, 0) is 21.7 Å². The van der Waals surface area contributed by atoms with Crippen LogP contribution in [0.3, 0.4) is 0 Å². The first-order valence-electron chi connectivity index (χ1n) is 8.81. The maximum atomic E-state index is 12.7. The van der Waals surface area contributed by atoms with Gasteiger partial charge in [-0.15, -0.1) is 11.3 Å². The van der Waals surface area contributed by atoms with Gasteiger partial charge in [-0.1, -0.05) is 6.92 Å². The van der Waals surface area contributed by atoms with Gasteiger partial charge in [-0.3, -0.25) is 4.79 Å². The van der Waals surface area contributed by atoms with E-state index in [2.05, 4.69) is 6.92 Å². The Bertz CT molecular complexity index is 590. The van der Waals surface area contributed by atoms with Crippen LogP contribution in [0.2, 0.25) is 0 Å². The fourth-order valence-electron chi connectivity index (χ4n) is 3.47. The van der Waals surface area contributed by atoms with Gasteiger partial charge in [0.2, 0.25) is 0 Å². The number of nitrogens with zero attached hydrogens (tertiary/aromatic N) is 1. The summed E-state index contributed by atoms with van der Waals surface area (Å²) in [6.45, 7) is 4.59. The van der Waals surface area contributed by atoms with Crippen molar-refractivity contribution in [3.63, 3.8) is 0 Å². The van der Waals surface area contributed by atoms with E-state index in [1.807, 2.05) is 22.7 Å². The zero-order valence-electron chi connectivity index (χ0n) is 14.4. The van der Waals surface area contributed by atoms with Crippen LogP contribution in [0.5, 0.6) is 0 Å². The maximum absolute atomic E-state index is 12.7. The fourth-order valence-corrected chi connectivity index (χ4v) is 5.72. The number of carbonyl (C=O) groups is 2. The van der Waals surface area contributed by atoms with E-state index in [9.17, 15) is 9.59 Å². The molecule has 4 nitrogen and oxygen atoms in total. The van der Waals surface area contributed by atoms with E-state index in [0.29, 0.717) is 10.9 Å². The van der Waals surface area contributed by atoms with Crippen LogP contribution < -0.4 is 0 Å². The van der Waals surface area contributed by atoms with Gasteiger partial charge >= 0.3 is 5.97 Å². The van der Waals surface area contributed by atoms with Gasteiger partial charge in [-0.2, -0.15) is 11.8 Å². The number of piperidine rings is 1. The summed E-state index contributed by atoms with van der Waals surface area (Å²) in [5.41, 5.74) is 1.25. The summed E-state index contributed by atoms with van der Waals surface area (Å²) >= 11 is 3.42. The number of rotatable bonds is 4. The summed E-state index contributed by atoms with van der Waals surface area (Å²) in [6, 6.07) is 2.24. The van der Waals surface area contributed by atoms with Gasteiger partial charge < -0.3 is 9.64 Å². The third-order valence-corrected chi connectivity index (χ3v) is 7.07. The first-order chi connectivity index (χ1) is 11.6. The molecule has 0 unspecified atom stereocenters. The average molecular weight is 368 g/mol. The molecule has 1 aromatic heterocycles. The van der Waals surface area contributed by atoms with Crippen molar-refractivity contribution in [1.29, 1.82) is 0 Å². The topological polar surface area (TPSA) is 46.6 Å². The predicted molar refractivity (Wildman–Crippen MR) is 98.7 cm³/mol. The molecule has 132 valence electrons. The number of amides is 1. The Morgan fingerprint density at radius 3 is 3.00 bits per heavy atom. The number of esters is 1. The standard InChI is InChI=1S/C18H25NO3S2/c1-3-14-6-4-5-8-19(14)17(20)12(2)22-18(21)16-10-13-11-23-9-7-15(13)24-16/h10,12,14H,3-9,11H2,1-2H3/t12-,14-/m1/s1. The molecule has 2 aliphatic heterocycles. The third-order valence-electron chi connectivity index (χ3n) is 4.84. The zero-order valence-corrected chi connectivity index (χ0v) is 16.0. The van der Waals surface area contributed by atoms with Crippen molar-refractivity contribution in [2.45, 2.75) is 63.9 Å². The number of fused-ring (bicyclic) bond motifs is 1. The van der Waals surface area contributed by atoms with E-state index in [0.717, 1.165) is 43.7 Å². The molecule has 0 radical (unpaired) electrons. The Labute approximate surface area is 151 Å². The largest absolute Gasteiger partial charge is 0.448 e. The summed E-state index contributed by atoms with van der Waals surface area (Å²) in [6.07, 6.45) is 4.55. The Balaban J connectivity index is 1.63. The first kappa shape index (κ1) is 17.8. The summed E-state index contributed by atoms with van der Waals surface area (Å²) in [4.78, 5) is 28.9. The van der Waals surface area contributed by atoms with E-state index < -0.39 is 6.10 Å². The minimum absolute atomic E-state index is 0.0493. The lowest BCUT2D eigenvalue weighted by Crippen LogP contribution is -2.48. The highest BCUT2D eigenvalue weighted by Gasteiger charge is 2.31.